The van der Waals surface area contributed by atoms with Crippen LogP contribution in [0.5, 0.6) is 17.2 Å². The lowest BCUT2D eigenvalue weighted by molar-refractivity contribution is -0.480. The minimum absolute atomic E-state index is 0. The number of Topliss-reactive ketones (excluding diaryl/α,β-unsaturated/α-hetero) is 3. The van der Waals surface area contributed by atoms with Gasteiger partial charge in [0.05, 0.1) is 59.4 Å². The van der Waals surface area contributed by atoms with E-state index in [9.17, 15) is 58.5 Å². The molecule has 3 aliphatic rings. The van der Waals surface area contributed by atoms with Gasteiger partial charge in [-0.25, -0.2) is 0 Å². The quantitative estimate of drug-likeness (QED) is 0.0490. The van der Waals surface area contributed by atoms with Crippen LogP contribution in [0.15, 0.2) is 176 Å². The van der Waals surface area contributed by atoms with Gasteiger partial charge >= 0.3 is 0 Å². The summed E-state index contributed by atoms with van der Waals surface area (Å²) in [6.45, 7) is 4.59. The van der Waals surface area contributed by atoms with Crippen molar-refractivity contribution in [2.45, 2.75) is 40.0 Å². The molecule has 0 aromatic heterocycles. The standard InChI is InChI=1S/2C23H15Br2NO4.C23H17NO4.Br2.BrH.H2O/c2*1-11(27)8-12-9-15(24)21(16(25)10-12)26-17-6-7-18(28)20-19(17)22(29)13-4-2-3-5-14(13)23(20)30;1-13(25)12-14-6-8-15(9-7-14)24-18-10-11-19(26)21-20(18)22(27)16-4-2-3-5-17(16)23(21)28;1-2;;/h2*2-7,9-10,26,28H,8H2,1H3;2-11,24,26H,12H2,1H3;;1H;1H2. The molecule has 9 aromatic carbocycles. The van der Waals surface area contributed by atoms with Crippen LogP contribution in [-0.2, 0) is 33.6 Å². The molecule has 16 nitrogen and oxygen atoms in total. The second-order valence-electron chi connectivity index (χ2n) is 20.9. The van der Waals surface area contributed by atoms with Crippen LogP contribution in [0.1, 0.15) is 133 Å². The van der Waals surface area contributed by atoms with Crippen molar-refractivity contribution in [3.63, 3.8) is 0 Å². The highest BCUT2D eigenvalue weighted by atomic mass is 80.9. The highest BCUT2D eigenvalue weighted by molar-refractivity contribution is 9.93. The second-order valence-corrected chi connectivity index (χ2v) is 24.4. The zero-order valence-corrected chi connectivity index (χ0v) is 59.5. The van der Waals surface area contributed by atoms with E-state index < -0.39 is 5.78 Å². The Morgan fingerprint density at radius 2 is 0.696 bits per heavy atom. The van der Waals surface area contributed by atoms with Gasteiger partial charge in [-0.3, -0.25) is 48.5 Å². The third-order valence-electron chi connectivity index (χ3n) is 14.6. The fraction of sp³-hybridized carbons (Fsp3) is 0.0870. The first-order valence-corrected chi connectivity index (χ1v) is 34.1. The number of phenols is 3. The van der Waals surface area contributed by atoms with Crippen molar-refractivity contribution in [2.75, 3.05) is 10.6 Å². The van der Waals surface area contributed by atoms with Gasteiger partial charge in [0.2, 0.25) is 5.78 Å². The van der Waals surface area contributed by atoms with Crippen molar-refractivity contribution in [3.05, 3.63) is 259 Å². The van der Waals surface area contributed by atoms with Gasteiger partial charge in [0.25, 0.3) is 0 Å². The Hall–Kier alpha value is -7.71. The molecule has 12 rings (SSSR count). The van der Waals surface area contributed by atoms with Crippen LogP contribution in [0.3, 0.4) is 0 Å². The number of hydrogen-bond donors (Lipinski definition) is 6. The van der Waals surface area contributed by atoms with Crippen molar-refractivity contribution in [3.8, 4) is 17.2 Å². The number of hydrogen-bond acceptors (Lipinski definition) is 14. The van der Waals surface area contributed by atoms with Gasteiger partial charge in [0, 0.05) is 102 Å². The molecule has 0 spiro atoms. The molecule has 3 aliphatic carbocycles. The van der Waals surface area contributed by atoms with Crippen LogP contribution in [0, 0.1) is 0 Å². The normalized spacial score (nSPS) is 11.9. The van der Waals surface area contributed by atoms with Gasteiger partial charge in [0.1, 0.15) is 40.3 Å². The van der Waals surface area contributed by atoms with Crippen LogP contribution >= 0.6 is 92.0 Å². The Bertz CT molecular complexity index is 4310. The number of carbonyl (C=O) groups excluding carboxylic acids is 9. The summed E-state index contributed by atoms with van der Waals surface area (Å²) < 4.78 is 2.85. The number of halogens is 7. The molecule has 468 valence electrons. The minimum Gasteiger partial charge on any atom is -1.00 e. The fourth-order valence-electron chi connectivity index (χ4n) is 10.7. The lowest BCUT2D eigenvalue weighted by Crippen LogP contribution is -3.00. The third kappa shape index (κ3) is 15.0. The van der Waals surface area contributed by atoms with Gasteiger partial charge in [-0.05, 0) is 168 Å². The molecule has 0 bridgehead atoms. The van der Waals surface area contributed by atoms with E-state index in [0.29, 0.717) is 84.5 Å². The van der Waals surface area contributed by atoms with E-state index in [0.717, 1.165) is 31.3 Å². The Morgan fingerprint density at radius 1 is 0.391 bits per heavy atom. The first-order valence-electron chi connectivity index (χ1n) is 27.2. The molecular weight excluding hydrogens is 1640 g/mol. The zero-order valence-electron chi connectivity index (χ0n) is 48.4. The predicted octanol–water partition coefficient (Wildman–Crippen LogP) is 11.8. The molecule has 0 heterocycles. The summed E-state index contributed by atoms with van der Waals surface area (Å²) in [4.78, 5) is 112. The van der Waals surface area contributed by atoms with Gasteiger partial charge < -0.3 is 48.4 Å². The zero-order chi connectivity index (χ0) is 65.0. The van der Waals surface area contributed by atoms with Crippen molar-refractivity contribution in [1.82, 2.24) is 0 Å². The lowest BCUT2D eigenvalue weighted by Gasteiger charge is -2.22. The molecule has 0 saturated heterocycles. The molecule has 92 heavy (non-hydrogen) atoms. The molecule has 23 heteroatoms. The first-order chi connectivity index (χ1) is 43.0. The largest absolute Gasteiger partial charge is 1.00 e. The Labute approximate surface area is 586 Å². The van der Waals surface area contributed by atoms with Crippen molar-refractivity contribution in [1.29, 1.82) is 0 Å². The summed E-state index contributed by atoms with van der Waals surface area (Å²) in [6.07, 6.45) is 0.977. The van der Waals surface area contributed by atoms with Gasteiger partial charge in [0.15, 0.2) is 34.6 Å². The van der Waals surface area contributed by atoms with E-state index in [2.05, 4.69) is 103 Å². The van der Waals surface area contributed by atoms with E-state index in [1.807, 2.05) is 36.4 Å². The van der Waals surface area contributed by atoms with Crippen LogP contribution in [0.25, 0.3) is 0 Å². The molecule has 9 N–H and O–H groups in total. The van der Waals surface area contributed by atoms with Crippen molar-refractivity contribution in [2.24, 2.45) is 0 Å². The number of rotatable bonds is 12. The maximum Gasteiger partial charge on any atom is 0.200 e. The first kappa shape index (κ1) is 71.7. The molecule has 0 aliphatic heterocycles. The molecule has 0 unspecified atom stereocenters. The molecule has 0 fully saturated rings. The van der Waals surface area contributed by atoms with Crippen LogP contribution < -0.4 is 32.9 Å². The van der Waals surface area contributed by atoms with E-state index >= 15 is 0 Å². The van der Waals surface area contributed by atoms with Crippen molar-refractivity contribution < 1.29 is 86.2 Å². The molecule has 0 amide bonds. The number of quaternary nitrogens is 1. The SMILES string of the molecule is BrBr.CC(=O)Cc1cc(Br)c(Nc2ccc(O)c3c2C(=O)c2ccccc2C3=O)c(Br)c1.CC(=O)Cc1cc(Br)c([NH2+]c2ccc(O)c3c2C(=O)c2ccccc2C3=O)c(Br)c1.CC(=O)Cc1ccc(Nc2ccc(O)c3c2C(=O)c2ccccc2C3=O)cc1.O.[Br-]. The van der Waals surface area contributed by atoms with Gasteiger partial charge in [-0.2, -0.15) is 0 Å². The number of nitrogens with two attached hydrogens (primary N) is 1. The average molecular weight is 1690 g/mol. The summed E-state index contributed by atoms with van der Waals surface area (Å²) in [5.41, 5.74) is 8.37. The van der Waals surface area contributed by atoms with Crippen LogP contribution in [0.4, 0.5) is 34.1 Å². The third-order valence-corrected chi connectivity index (χ3v) is 17.1. The molecule has 0 atom stereocenters. The molecular formula is C69H50Br7N3O13. The van der Waals surface area contributed by atoms with Crippen LogP contribution in [-0.4, -0.2) is 72.8 Å². The molecule has 0 saturated carbocycles. The smallest absolute Gasteiger partial charge is 0.200 e. The summed E-state index contributed by atoms with van der Waals surface area (Å²) in [5.74, 6) is -2.57. The van der Waals surface area contributed by atoms with E-state index in [1.54, 1.807) is 108 Å². The molecule has 9 aromatic rings. The minimum atomic E-state index is -0.392. The number of anilines is 4. The monoisotopic (exact) mass is 1680 g/mol. The van der Waals surface area contributed by atoms with Gasteiger partial charge in [-0.1, -0.05) is 84.9 Å². The summed E-state index contributed by atoms with van der Waals surface area (Å²) >= 11 is 19.6. The summed E-state index contributed by atoms with van der Waals surface area (Å²) in [7, 11) is 0. The number of benzene rings is 9. The number of nitrogens with one attached hydrogen (secondary N) is 2. The average Bonchev–Trinajstić information content (AvgIpc) is 0.760. The number of fused-ring (bicyclic) bond motifs is 6. The number of carbonyl (C=O) groups is 9. The van der Waals surface area contributed by atoms with E-state index in [4.69, 9.17) is 0 Å². The topological polar surface area (TPSA) is 286 Å². The van der Waals surface area contributed by atoms with E-state index in [-0.39, 0.29) is 125 Å². The van der Waals surface area contributed by atoms with Crippen molar-refractivity contribution >= 4 is 178 Å². The number of phenolic OH excluding ortho intramolecular Hbond substituents is 3. The Morgan fingerprint density at radius 3 is 1.07 bits per heavy atom. The summed E-state index contributed by atoms with van der Waals surface area (Å²) in [5, 5.41) is 39.1. The predicted molar refractivity (Wildman–Crippen MR) is 367 cm³/mol. The van der Waals surface area contributed by atoms with E-state index in [1.165, 1.54) is 39.0 Å². The maximum atomic E-state index is 13.2. The second kappa shape index (κ2) is 30.8. The summed E-state index contributed by atoms with van der Waals surface area (Å²) in [6, 6.07) is 43.4. The number of ketones is 9. The molecule has 0 radical (unpaired) electrons. The number of aromatic hydroxyl groups is 3. The Kier molecular flexibility index (Phi) is 24.0. The highest BCUT2D eigenvalue weighted by Gasteiger charge is 2.38. The fourth-order valence-corrected chi connectivity index (χ4v) is 13.7. The highest BCUT2D eigenvalue weighted by Crippen LogP contribution is 2.43. The van der Waals surface area contributed by atoms with Crippen LogP contribution in [0.2, 0.25) is 0 Å². The Balaban J connectivity index is 0.000000191. The maximum absolute atomic E-state index is 13.2. The van der Waals surface area contributed by atoms with Gasteiger partial charge in [-0.15, -0.1) is 0 Å². The lowest BCUT2D eigenvalue weighted by atomic mass is 9.82.